The van der Waals surface area contributed by atoms with Crippen LogP contribution in [0.15, 0.2) is 24.3 Å². The Morgan fingerprint density at radius 3 is 2.44 bits per heavy atom. The van der Waals surface area contributed by atoms with Crippen LogP contribution in [0.2, 0.25) is 0 Å². The number of carbonyl (C=O) groups is 1. The van der Waals surface area contributed by atoms with Crippen molar-refractivity contribution in [3.05, 3.63) is 35.6 Å². The average Bonchev–Trinajstić information content (AvgIpc) is 2.38. The number of benzene rings is 1. The van der Waals surface area contributed by atoms with Gasteiger partial charge in [-0.1, -0.05) is 0 Å². The lowest BCUT2D eigenvalue weighted by atomic mass is 10.1. The molecule has 1 fully saturated rings. The monoisotopic (exact) mass is 273 g/mol. The molecule has 1 aromatic rings. The molecule has 2 rings (SSSR count). The maximum Gasteiger partial charge on any atom is 0.164 e. The van der Waals surface area contributed by atoms with Crippen LogP contribution in [0.25, 0.3) is 0 Å². The first-order chi connectivity index (χ1) is 8.25. The van der Waals surface area contributed by atoms with Gasteiger partial charge in [0.1, 0.15) is 5.82 Å². The molecule has 1 saturated heterocycles. The van der Waals surface area contributed by atoms with Crippen LogP contribution in [-0.4, -0.2) is 43.5 Å². The number of morpholine rings is 1. The first-order valence-electron chi connectivity index (χ1n) is 5.84. The summed E-state index contributed by atoms with van der Waals surface area (Å²) in [6.07, 6.45) is 0.478. The zero-order valence-corrected chi connectivity index (χ0v) is 10.9. The van der Waals surface area contributed by atoms with Crippen molar-refractivity contribution < 1.29 is 13.9 Å². The molecule has 0 spiro atoms. The maximum absolute atomic E-state index is 12.7. The zero-order valence-electron chi connectivity index (χ0n) is 10.1. The van der Waals surface area contributed by atoms with Crippen molar-refractivity contribution in [2.75, 3.05) is 32.8 Å². The number of ketones is 1. The number of nitrogens with zero attached hydrogens (tertiary/aromatic N) is 1. The molecule has 1 heterocycles. The van der Waals surface area contributed by atoms with Gasteiger partial charge in [0.05, 0.1) is 13.2 Å². The van der Waals surface area contributed by atoms with Crippen LogP contribution in [0.5, 0.6) is 0 Å². The Balaban J connectivity index is 0.00000162. The average molecular weight is 274 g/mol. The molecule has 18 heavy (non-hydrogen) atoms. The smallest absolute Gasteiger partial charge is 0.164 e. The largest absolute Gasteiger partial charge is 0.379 e. The number of carbonyl (C=O) groups excluding carboxylic acids is 1. The van der Waals surface area contributed by atoms with E-state index in [4.69, 9.17) is 4.74 Å². The Morgan fingerprint density at radius 1 is 1.22 bits per heavy atom. The molecule has 100 valence electrons. The minimum absolute atomic E-state index is 0. The van der Waals surface area contributed by atoms with Gasteiger partial charge >= 0.3 is 0 Å². The van der Waals surface area contributed by atoms with Crippen molar-refractivity contribution in [2.45, 2.75) is 6.42 Å². The van der Waals surface area contributed by atoms with Crippen LogP contribution >= 0.6 is 12.4 Å². The molecular weight excluding hydrogens is 257 g/mol. The van der Waals surface area contributed by atoms with E-state index in [9.17, 15) is 9.18 Å². The molecule has 0 saturated carbocycles. The van der Waals surface area contributed by atoms with Crippen LogP contribution in [0.4, 0.5) is 4.39 Å². The number of hydrogen-bond donors (Lipinski definition) is 0. The minimum Gasteiger partial charge on any atom is -0.379 e. The molecule has 0 aromatic heterocycles. The second-order valence-electron chi connectivity index (χ2n) is 4.13. The number of rotatable bonds is 4. The normalized spacial score (nSPS) is 16.1. The zero-order chi connectivity index (χ0) is 12.1. The van der Waals surface area contributed by atoms with Gasteiger partial charge in [0.15, 0.2) is 5.78 Å². The molecule has 1 aromatic carbocycles. The van der Waals surface area contributed by atoms with Crippen molar-refractivity contribution >= 4 is 18.2 Å². The number of Topliss-reactive ketones (excluding diaryl/α,β-unsaturated/α-hetero) is 1. The van der Waals surface area contributed by atoms with Crippen LogP contribution in [-0.2, 0) is 4.74 Å². The Morgan fingerprint density at radius 2 is 1.83 bits per heavy atom. The van der Waals surface area contributed by atoms with Gasteiger partial charge < -0.3 is 4.74 Å². The number of halogens is 2. The molecule has 0 N–H and O–H groups in total. The number of ether oxygens (including phenoxy) is 1. The second-order valence-corrected chi connectivity index (χ2v) is 4.13. The van der Waals surface area contributed by atoms with Crippen molar-refractivity contribution in [1.29, 1.82) is 0 Å². The Labute approximate surface area is 112 Å². The summed E-state index contributed by atoms with van der Waals surface area (Å²) >= 11 is 0. The van der Waals surface area contributed by atoms with E-state index in [2.05, 4.69) is 4.90 Å². The molecule has 0 unspecified atom stereocenters. The second kappa shape index (κ2) is 7.46. The summed E-state index contributed by atoms with van der Waals surface area (Å²) in [5.74, 6) is -0.244. The van der Waals surface area contributed by atoms with E-state index in [-0.39, 0.29) is 24.0 Å². The Hall–Kier alpha value is -0.970. The fraction of sp³-hybridized carbons (Fsp3) is 0.462. The molecular formula is C13H17ClFNO2. The van der Waals surface area contributed by atoms with Crippen LogP contribution in [0, 0.1) is 5.82 Å². The van der Waals surface area contributed by atoms with E-state index >= 15 is 0 Å². The minimum atomic E-state index is -0.310. The van der Waals surface area contributed by atoms with Crippen LogP contribution in [0.3, 0.4) is 0 Å². The van der Waals surface area contributed by atoms with E-state index in [1.54, 1.807) is 0 Å². The summed E-state index contributed by atoms with van der Waals surface area (Å²) in [5.41, 5.74) is 0.583. The van der Waals surface area contributed by atoms with Gasteiger partial charge in [-0.25, -0.2) is 4.39 Å². The summed E-state index contributed by atoms with van der Waals surface area (Å²) in [4.78, 5) is 14.0. The van der Waals surface area contributed by atoms with Gasteiger partial charge in [0, 0.05) is 31.6 Å². The number of hydrogen-bond acceptors (Lipinski definition) is 3. The Kier molecular flexibility index (Phi) is 6.25. The summed E-state index contributed by atoms with van der Waals surface area (Å²) in [5, 5.41) is 0. The van der Waals surface area contributed by atoms with E-state index in [0.29, 0.717) is 12.0 Å². The van der Waals surface area contributed by atoms with Crippen molar-refractivity contribution in [1.82, 2.24) is 4.90 Å². The highest BCUT2D eigenvalue weighted by Crippen LogP contribution is 2.07. The van der Waals surface area contributed by atoms with Gasteiger partial charge in [-0.2, -0.15) is 0 Å². The van der Waals surface area contributed by atoms with Gasteiger partial charge in [0.25, 0.3) is 0 Å². The highest BCUT2D eigenvalue weighted by Gasteiger charge is 2.12. The lowest BCUT2D eigenvalue weighted by Crippen LogP contribution is -2.37. The van der Waals surface area contributed by atoms with E-state index in [0.717, 1.165) is 32.8 Å². The third kappa shape index (κ3) is 4.37. The third-order valence-corrected chi connectivity index (χ3v) is 2.92. The van der Waals surface area contributed by atoms with E-state index < -0.39 is 0 Å². The molecule has 0 aliphatic carbocycles. The Bertz CT molecular complexity index is 377. The quantitative estimate of drug-likeness (QED) is 0.788. The molecule has 0 bridgehead atoms. The van der Waals surface area contributed by atoms with Gasteiger partial charge in [-0.05, 0) is 24.3 Å². The van der Waals surface area contributed by atoms with Crippen molar-refractivity contribution in [2.24, 2.45) is 0 Å². The summed E-state index contributed by atoms with van der Waals surface area (Å²) in [7, 11) is 0. The van der Waals surface area contributed by atoms with E-state index in [1.165, 1.54) is 24.3 Å². The molecule has 5 heteroatoms. The lowest BCUT2D eigenvalue weighted by molar-refractivity contribution is 0.0370. The standard InChI is InChI=1S/C13H16FNO2.ClH/c14-12-3-1-11(2-4-12)13(16)5-6-15-7-9-17-10-8-15;/h1-4H,5-10H2;1H. The molecule has 0 amide bonds. The highest BCUT2D eigenvalue weighted by molar-refractivity contribution is 5.96. The molecule has 0 atom stereocenters. The molecule has 0 radical (unpaired) electrons. The fourth-order valence-corrected chi connectivity index (χ4v) is 1.86. The SMILES string of the molecule is Cl.O=C(CCN1CCOCC1)c1ccc(F)cc1. The first kappa shape index (κ1) is 15.1. The van der Waals surface area contributed by atoms with Gasteiger partial charge in [-0.15, -0.1) is 12.4 Å². The predicted octanol–water partition coefficient (Wildman–Crippen LogP) is 2.15. The van der Waals surface area contributed by atoms with E-state index in [1.807, 2.05) is 0 Å². The maximum atomic E-state index is 12.7. The van der Waals surface area contributed by atoms with Crippen molar-refractivity contribution in [3.63, 3.8) is 0 Å². The topological polar surface area (TPSA) is 29.5 Å². The highest BCUT2D eigenvalue weighted by atomic mass is 35.5. The summed E-state index contributed by atoms with van der Waals surface area (Å²) in [6.45, 7) is 4.00. The molecule has 1 aliphatic rings. The third-order valence-electron chi connectivity index (χ3n) is 2.92. The first-order valence-corrected chi connectivity index (χ1v) is 5.84. The summed E-state index contributed by atoms with van der Waals surface area (Å²) < 4.78 is 17.9. The fourth-order valence-electron chi connectivity index (χ4n) is 1.86. The predicted molar refractivity (Wildman–Crippen MR) is 69.9 cm³/mol. The van der Waals surface area contributed by atoms with Gasteiger partial charge in [-0.3, -0.25) is 9.69 Å². The molecule has 3 nitrogen and oxygen atoms in total. The van der Waals surface area contributed by atoms with Crippen LogP contribution < -0.4 is 0 Å². The molecule has 1 aliphatic heterocycles. The lowest BCUT2D eigenvalue weighted by Gasteiger charge is -2.26. The summed E-state index contributed by atoms with van der Waals surface area (Å²) in [6, 6.07) is 5.72. The van der Waals surface area contributed by atoms with Crippen LogP contribution in [0.1, 0.15) is 16.8 Å². The van der Waals surface area contributed by atoms with Crippen molar-refractivity contribution in [3.8, 4) is 0 Å². The van der Waals surface area contributed by atoms with Gasteiger partial charge in [0.2, 0.25) is 0 Å².